The first-order valence-electron chi connectivity index (χ1n) is 7.53. The van der Waals surface area contributed by atoms with Gasteiger partial charge in [0.1, 0.15) is 18.1 Å². The lowest BCUT2D eigenvalue weighted by Crippen LogP contribution is -2.10. The van der Waals surface area contributed by atoms with Crippen molar-refractivity contribution in [3.8, 4) is 6.01 Å². The molecule has 0 radical (unpaired) electrons. The van der Waals surface area contributed by atoms with E-state index in [9.17, 15) is 26.3 Å². The zero-order valence-electron chi connectivity index (χ0n) is 14.2. The van der Waals surface area contributed by atoms with Crippen molar-refractivity contribution in [2.75, 3.05) is 11.9 Å². The van der Waals surface area contributed by atoms with Gasteiger partial charge in [0.15, 0.2) is 0 Å². The molecule has 0 unspecified atom stereocenters. The van der Waals surface area contributed by atoms with Gasteiger partial charge in [0.2, 0.25) is 0 Å². The predicted molar refractivity (Wildman–Crippen MR) is 85.4 cm³/mol. The molecule has 0 aliphatic heterocycles. The van der Waals surface area contributed by atoms with Crippen LogP contribution in [-0.4, -0.2) is 16.6 Å². The van der Waals surface area contributed by atoms with Crippen LogP contribution in [0.25, 0.3) is 0 Å². The van der Waals surface area contributed by atoms with E-state index in [-0.39, 0.29) is 24.0 Å². The van der Waals surface area contributed by atoms with Crippen molar-refractivity contribution in [3.05, 3.63) is 59.4 Å². The molecule has 1 aromatic carbocycles. The largest absolute Gasteiger partial charge is 0.457 e. The van der Waals surface area contributed by atoms with Gasteiger partial charge in [0.05, 0.1) is 11.1 Å². The fraction of sp³-hybridized carbons (Fsp3) is 0.250. The Hall–Kier alpha value is -3.18. The molecule has 0 fully saturated rings. The Morgan fingerprint density at radius 1 is 1.21 bits per heavy atom. The van der Waals surface area contributed by atoms with Crippen LogP contribution in [0.2, 0.25) is 0 Å². The molecule has 150 valence electrons. The Kier molecular flexibility index (Phi) is 6.21. The summed E-state index contributed by atoms with van der Waals surface area (Å²) < 4.78 is 82.4. The summed E-state index contributed by atoms with van der Waals surface area (Å²) in [5.74, 6) is -4.47. The van der Waals surface area contributed by atoms with E-state index in [0.717, 1.165) is 18.3 Å². The Morgan fingerprint density at radius 2 is 1.86 bits per heavy atom. The molecular weight excluding hydrogens is 392 g/mol. The number of anilines is 1. The highest BCUT2D eigenvalue weighted by Gasteiger charge is 2.31. The molecule has 0 saturated carbocycles. The minimum Gasteiger partial charge on any atom is -0.457 e. The van der Waals surface area contributed by atoms with Crippen molar-refractivity contribution in [1.29, 1.82) is 5.53 Å². The number of hydrogen-bond donors (Lipinski definition) is 2. The second kappa shape index (κ2) is 8.23. The first-order chi connectivity index (χ1) is 13.0. The second-order valence-electron chi connectivity index (χ2n) is 5.52. The number of rotatable bonds is 7. The standard InChI is InChI=1S/C16H13F6N5O/c1-15(18,19)12-4-10(2-3-13(12)17)24-7-11(27-23)8-28-14-25-5-9(6-26-14)16(20,21)22/h2-7,23-24H,8H2,1H3/b11-7-,27-23?. The van der Waals surface area contributed by atoms with Crippen LogP contribution in [0.15, 0.2) is 47.6 Å². The van der Waals surface area contributed by atoms with Crippen molar-refractivity contribution in [1.82, 2.24) is 9.97 Å². The number of halogens is 6. The summed E-state index contributed by atoms with van der Waals surface area (Å²) in [5.41, 5.74) is 5.23. The average Bonchev–Trinajstić information content (AvgIpc) is 2.61. The van der Waals surface area contributed by atoms with Crippen LogP contribution in [0.1, 0.15) is 18.1 Å². The summed E-state index contributed by atoms with van der Waals surface area (Å²) in [6.07, 6.45) is -2.39. The van der Waals surface area contributed by atoms with Crippen molar-refractivity contribution in [2.45, 2.75) is 19.0 Å². The molecule has 6 nitrogen and oxygen atoms in total. The zero-order chi connectivity index (χ0) is 20.9. The lowest BCUT2D eigenvalue weighted by atomic mass is 10.1. The Bertz CT molecular complexity index is 861. The maximum absolute atomic E-state index is 13.5. The van der Waals surface area contributed by atoms with Crippen LogP contribution in [0.3, 0.4) is 0 Å². The van der Waals surface area contributed by atoms with Gasteiger partial charge in [0, 0.05) is 31.2 Å². The quantitative estimate of drug-likeness (QED) is 0.495. The molecule has 1 aromatic heterocycles. The number of nitrogens with one attached hydrogen (secondary N) is 2. The summed E-state index contributed by atoms with van der Waals surface area (Å²) in [6.45, 7) is 0.160. The zero-order valence-corrected chi connectivity index (χ0v) is 14.2. The smallest absolute Gasteiger partial charge is 0.419 e. The Balaban J connectivity index is 2.04. The molecule has 0 atom stereocenters. The van der Waals surface area contributed by atoms with E-state index in [4.69, 9.17) is 10.3 Å². The summed E-state index contributed by atoms with van der Waals surface area (Å²) in [4.78, 5) is 6.78. The van der Waals surface area contributed by atoms with Crippen LogP contribution in [0.5, 0.6) is 6.01 Å². The molecule has 2 N–H and O–H groups in total. The van der Waals surface area contributed by atoms with Gasteiger partial charge in [-0.05, 0) is 18.2 Å². The number of nitrogens with zero attached hydrogens (tertiary/aromatic N) is 3. The third-order valence-corrected chi connectivity index (χ3v) is 3.29. The number of alkyl halides is 5. The molecule has 0 saturated heterocycles. The van der Waals surface area contributed by atoms with Crippen LogP contribution >= 0.6 is 0 Å². The summed E-state index contributed by atoms with van der Waals surface area (Å²) in [5, 5.41) is 5.68. The van der Waals surface area contributed by atoms with Gasteiger partial charge in [0.25, 0.3) is 5.92 Å². The maximum atomic E-state index is 13.5. The summed E-state index contributed by atoms with van der Waals surface area (Å²) >= 11 is 0. The fourth-order valence-electron chi connectivity index (χ4n) is 1.90. The normalized spacial score (nSPS) is 12.6. The highest BCUT2D eigenvalue weighted by molar-refractivity contribution is 5.49. The molecule has 28 heavy (non-hydrogen) atoms. The molecule has 0 spiro atoms. The lowest BCUT2D eigenvalue weighted by Gasteiger charge is -2.13. The Labute approximate surface area is 154 Å². The van der Waals surface area contributed by atoms with Crippen LogP contribution < -0.4 is 10.1 Å². The number of benzene rings is 1. The van der Waals surface area contributed by atoms with Gasteiger partial charge in [-0.15, -0.1) is 0 Å². The molecule has 1 heterocycles. The van der Waals surface area contributed by atoms with E-state index in [1.54, 1.807) is 0 Å². The first-order valence-corrected chi connectivity index (χ1v) is 7.53. The molecule has 12 heteroatoms. The average molecular weight is 405 g/mol. The van der Waals surface area contributed by atoms with Crippen molar-refractivity contribution in [2.24, 2.45) is 5.11 Å². The predicted octanol–water partition coefficient (Wildman–Crippen LogP) is 5.11. The second-order valence-corrected chi connectivity index (χ2v) is 5.52. The van der Waals surface area contributed by atoms with Crippen LogP contribution in [0.4, 0.5) is 32.0 Å². The summed E-state index contributed by atoms with van der Waals surface area (Å²) in [6, 6.07) is 2.57. The van der Waals surface area contributed by atoms with E-state index >= 15 is 0 Å². The van der Waals surface area contributed by atoms with E-state index in [1.165, 1.54) is 6.07 Å². The fourth-order valence-corrected chi connectivity index (χ4v) is 1.90. The maximum Gasteiger partial charge on any atom is 0.419 e. The van der Waals surface area contributed by atoms with Crippen LogP contribution in [-0.2, 0) is 12.1 Å². The third-order valence-electron chi connectivity index (χ3n) is 3.29. The van der Waals surface area contributed by atoms with E-state index < -0.39 is 29.0 Å². The molecule has 0 amide bonds. The van der Waals surface area contributed by atoms with Gasteiger partial charge in [-0.25, -0.2) is 28.7 Å². The summed E-state index contributed by atoms with van der Waals surface area (Å²) in [7, 11) is 0. The minimum atomic E-state index is -4.59. The first kappa shape index (κ1) is 21.1. The van der Waals surface area contributed by atoms with Gasteiger partial charge in [-0.2, -0.15) is 18.3 Å². The van der Waals surface area contributed by atoms with Crippen molar-refractivity contribution in [3.63, 3.8) is 0 Å². The molecular formula is C16H13F6N5O. The molecule has 2 aromatic rings. The molecule has 2 rings (SSSR count). The van der Waals surface area contributed by atoms with Gasteiger partial charge >= 0.3 is 12.2 Å². The minimum absolute atomic E-state index is 0.0577. The number of aromatic nitrogens is 2. The van der Waals surface area contributed by atoms with Gasteiger partial charge in [-0.1, -0.05) is 0 Å². The van der Waals surface area contributed by atoms with Gasteiger partial charge < -0.3 is 10.1 Å². The number of ether oxygens (including phenoxy) is 1. The Morgan fingerprint density at radius 3 is 2.39 bits per heavy atom. The van der Waals surface area contributed by atoms with Crippen molar-refractivity contribution < 1.29 is 31.1 Å². The third kappa shape index (κ3) is 5.66. The highest BCUT2D eigenvalue weighted by Crippen LogP contribution is 2.31. The van der Waals surface area contributed by atoms with Gasteiger partial charge in [-0.3, -0.25) is 0 Å². The molecule has 0 aliphatic carbocycles. The van der Waals surface area contributed by atoms with Crippen LogP contribution in [0, 0.1) is 11.3 Å². The lowest BCUT2D eigenvalue weighted by molar-refractivity contribution is -0.138. The highest BCUT2D eigenvalue weighted by atomic mass is 19.4. The van der Waals surface area contributed by atoms with E-state index in [1.807, 2.05) is 0 Å². The molecule has 0 aliphatic rings. The monoisotopic (exact) mass is 405 g/mol. The molecule has 0 bridgehead atoms. The topological polar surface area (TPSA) is 83.2 Å². The number of hydrogen-bond acceptors (Lipinski definition) is 6. The van der Waals surface area contributed by atoms with Crippen molar-refractivity contribution >= 4 is 5.69 Å². The van der Waals surface area contributed by atoms with E-state index in [2.05, 4.69) is 20.4 Å². The SMILES string of the molecule is CC(F)(F)c1cc(N/C=C(/COc2ncc(C(F)(F)F)cn2)N=N)ccc1F. The van der Waals surface area contributed by atoms with E-state index in [0.29, 0.717) is 19.3 Å².